The number of halogens is 1. The quantitative estimate of drug-likeness (QED) is 0.363. The summed E-state index contributed by atoms with van der Waals surface area (Å²) in [5, 5.41) is 17.8. The normalized spacial score (nSPS) is 12.0. The fraction of sp³-hybridized carbons (Fsp3) is 0.150. The molecule has 4 N–H and O–H groups in total. The summed E-state index contributed by atoms with van der Waals surface area (Å²) in [5.74, 6) is -0.267. The van der Waals surface area contributed by atoms with Crippen LogP contribution in [0.5, 0.6) is 0 Å². The van der Waals surface area contributed by atoms with Crippen molar-refractivity contribution in [2.24, 2.45) is 0 Å². The summed E-state index contributed by atoms with van der Waals surface area (Å²) in [6.45, 7) is 1.77. The second-order valence-electron chi connectivity index (χ2n) is 6.58. The number of aromatic nitrogens is 4. The third-order valence-corrected chi connectivity index (χ3v) is 4.63. The molecule has 3 aromatic heterocycles. The van der Waals surface area contributed by atoms with Gasteiger partial charge in [-0.15, -0.1) is 0 Å². The number of H-pyrrole nitrogens is 1. The van der Waals surface area contributed by atoms with Gasteiger partial charge in [-0.05, 0) is 25.1 Å². The highest BCUT2D eigenvalue weighted by molar-refractivity contribution is 6.14. The summed E-state index contributed by atoms with van der Waals surface area (Å²) in [5.41, 5.74) is 2.25. The zero-order valence-electron chi connectivity index (χ0n) is 16.2. The summed E-state index contributed by atoms with van der Waals surface area (Å²) in [7, 11) is 1.64. The SMILES string of the molecule is CNc1cc(F)ccc1C(=N)c1cnc2[nH]cc(C(=O)NC(C)c3ccno3)c2n1. The number of benzene rings is 1. The Bertz CT molecular complexity index is 1230. The molecule has 4 rings (SSSR count). The zero-order chi connectivity index (χ0) is 21.3. The van der Waals surface area contributed by atoms with Crippen LogP contribution in [-0.2, 0) is 0 Å². The Morgan fingerprint density at radius 3 is 2.87 bits per heavy atom. The number of fused-ring (bicyclic) bond motifs is 1. The van der Waals surface area contributed by atoms with E-state index in [4.69, 9.17) is 9.93 Å². The number of nitrogens with zero attached hydrogens (tertiary/aromatic N) is 3. The van der Waals surface area contributed by atoms with Crippen LogP contribution in [0.15, 0.2) is 47.4 Å². The maximum Gasteiger partial charge on any atom is 0.255 e. The molecule has 1 unspecified atom stereocenters. The molecule has 1 atom stereocenters. The van der Waals surface area contributed by atoms with Crippen LogP contribution in [0.2, 0.25) is 0 Å². The van der Waals surface area contributed by atoms with Gasteiger partial charge in [-0.2, -0.15) is 0 Å². The Balaban J connectivity index is 1.66. The summed E-state index contributed by atoms with van der Waals surface area (Å²) >= 11 is 0. The third-order valence-electron chi connectivity index (χ3n) is 4.63. The number of rotatable bonds is 6. The molecule has 9 nitrogen and oxygen atoms in total. The number of hydrogen-bond donors (Lipinski definition) is 4. The minimum atomic E-state index is -0.414. The Morgan fingerprint density at radius 1 is 1.30 bits per heavy atom. The van der Waals surface area contributed by atoms with E-state index in [0.29, 0.717) is 28.2 Å². The van der Waals surface area contributed by atoms with Crippen molar-refractivity contribution in [3.05, 3.63) is 71.3 Å². The summed E-state index contributed by atoms with van der Waals surface area (Å²) in [4.78, 5) is 24.4. The van der Waals surface area contributed by atoms with E-state index in [2.05, 4.69) is 30.7 Å². The van der Waals surface area contributed by atoms with Crippen molar-refractivity contribution in [3.63, 3.8) is 0 Å². The molecule has 0 radical (unpaired) electrons. The fourth-order valence-corrected chi connectivity index (χ4v) is 3.06. The van der Waals surface area contributed by atoms with Gasteiger partial charge in [-0.25, -0.2) is 14.4 Å². The molecule has 0 aliphatic heterocycles. The molecule has 0 saturated carbocycles. The number of amides is 1. The third kappa shape index (κ3) is 3.50. The standard InChI is InChI=1S/C20H18FN7O2/c1-10(16-5-6-26-30-16)27-20(29)13-8-24-19-18(13)28-15(9-25-19)17(22)12-4-3-11(21)7-14(12)23-2/h3-10,22-23H,1-2H3,(H,24,25)(H,27,29). The molecular weight excluding hydrogens is 389 g/mol. The van der Waals surface area contributed by atoms with Gasteiger partial charge in [-0.1, -0.05) is 5.16 Å². The predicted octanol–water partition coefficient (Wildman–Crippen LogP) is 3.03. The van der Waals surface area contributed by atoms with E-state index >= 15 is 0 Å². The Kier molecular flexibility index (Phi) is 4.97. The van der Waals surface area contributed by atoms with Crippen molar-refractivity contribution in [1.82, 2.24) is 25.4 Å². The molecule has 4 aromatic rings. The Labute approximate surface area is 170 Å². The van der Waals surface area contributed by atoms with Crippen LogP contribution in [0.1, 0.15) is 40.3 Å². The number of carbonyl (C=O) groups is 1. The molecule has 152 valence electrons. The van der Waals surface area contributed by atoms with Gasteiger partial charge in [-0.3, -0.25) is 10.2 Å². The van der Waals surface area contributed by atoms with Crippen molar-refractivity contribution in [1.29, 1.82) is 5.41 Å². The van der Waals surface area contributed by atoms with E-state index in [1.807, 2.05) is 0 Å². The monoisotopic (exact) mass is 407 g/mol. The predicted molar refractivity (Wildman–Crippen MR) is 108 cm³/mol. The average Bonchev–Trinajstić information content (AvgIpc) is 3.42. The van der Waals surface area contributed by atoms with E-state index in [-0.39, 0.29) is 22.9 Å². The van der Waals surface area contributed by atoms with E-state index < -0.39 is 11.9 Å². The van der Waals surface area contributed by atoms with Crippen LogP contribution in [0.25, 0.3) is 11.2 Å². The topological polar surface area (TPSA) is 133 Å². The minimum absolute atomic E-state index is 0.0522. The van der Waals surface area contributed by atoms with Gasteiger partial charge >= 0.3 is 0 Å². The van der Waals surface area contributed by atoms with Gasteiger partial charge in [0.25, 0.3) is 5.91 Å². The zero-order valence-corrected chi connectivity index (χ0v) is 16.2. The van der Waals surface area contributed by atoms with Crippen molar-refractivity contribution in [2.45, 2.75) is 13.0 Å². The Morgan fingerprint density at radius 2 is 2.13 bits per heavy atom. The maximum absolute atomic E-state index is 13.5. The number of anilines is 1. The number of nitrogens with one attached hydrogen (secondary N) is 4. The van der Waals surface area contributed by atoms with Crippen LogP contribution in [-0.4, -0.2) is 38.8 Å². The lowest BCUT2D eigenvalue weighted by molar-refractivity contribution is 0.0935. The van der Waals surface area contributed by atoms with E-state index in [1.165, 1.54) is 36.8 Å². The van der Waals surface area contributed by atoms with Gasteiger partial charge in [0.15, 0.2) is 11.4 Å². The second kappa shape index (κ2) is 7.74. The molecule has 3 heterocycles. The first-order chi connectivity index (χ1) is 14.5. The van der Waals surface area contributed by atoms with Crippen molar-refractivity contribution in [3.8, 4) is 0 Å². The van der Waals surface area contributed by atoms with E-state index in [0.717, 1.165) is 0 Å². The first-order valence-corrected chi connectivity index (χ1v) is 9.10. The molecule has 0 fully saturated rings. The van der Waals surface area contributed by atoms with Crippen molar-refractivity contribution < 1.29 is 13.7 Å². The lowest BCUT2D eigenvalue weighted by Gasteiger charge is -2.11. The van der Waals surface area contributed by atoms with Crippen LogP contribution in [0.3, 0.4) is 0 Å². The van der Waals surface area contributed by atoms with E-state index in [9.17, 15) is 9.18 Å². The molecule has 1 aromatic carbocycles. The van der Waals surface area contributed by atoms with Crippen LogP contribution < -0.4 is 10.6 Å². The summed E-state index contributed by atoms with van der Waals surface area (Å²) < 4.78 is 18.6. The number of aromatic amines is 1. The first kappa shape index (κ1) is 19.2. The smallest absolute Gasteiger partial charge is 0.255 e. The van der Waals surface area contributed by atoms with Crippen LogP contribution in [0, 0.1) is 11.2 Å². The van der Waals surface area contributed by atoms with Gasteiger partial charge < -0.3 is 20.1 Å². The molecule has 30 heavy (non-hydrogen) atoms. The highest BCUT2D eigenvalue weighted by Gasteiger charge is 2.20. The summed E-state index contributed by atoms with van der Waals surface area (Å²) in [6, 6.07) is 5.35. The fourth-order valence-electron chi connectivity index (χ4n) is 3.06. The maximum atomic E-state index is 13.5. The molecule has 0 saturated heterocycles. The largest absolute Gasteiger partial charge is 0.387 e. The highest BCUT2D eigenvalue weighted by Crippen LogP contribution is 2.22. The van der Waals surface area contributed by atoms with Gasteiger partial charge in [0.05, 0.1) is 29.7 Å². The molecular formula is C20H18FN7O2. The Hall–Kier alpha value is -4.08. The first-order valence-electron chi connectivity index (χ1n) is 9.10. The molecule has 10 heteroatoms. The molecule has 0 spiro atoms. The van der Waals surface area contributed by atoms with Crippen LogP contribution >= 0.6 is 0 Å². The second-order valence-corrected chi connectivity index (χ2v) is 6.58. The molecule has 0 aliphatic rings. The minimum Gasteiger partial charge on any atom is -0.387 e. The van der Waals surface area contributed by atoms with Crippen LogP contribution in [0.4, 0.5) is 10.1 Å². The molecule has 1 amide bonds. The van der Waals surface area contributed by atoms with Gasteiger partial charge in [0, 0.05) is 30.6 Å². The lowest BCUT2D eigenvalue weighted by atomic mass is 10.1. The number of carbonyl (C=O) groups excluding carboxylic acids is 1. The van der Waals surface area contributed by atoms with Gasteiger partial charge in [0.2, 0.25) is 0 Å². The molecule has 0 bridgehead atoms. The highest BCUT2D eigenvalue weighted by atomic mass is 19.1. The van der Waals surface area contributed by atoms with E-state index in [1.54, 1.807) is 20.0 Å². The average molecular weight is 407 g/mol. The summed E-state index contributed by atoms with van der Waals surface area (Å²) in [6.07, 6.45) is 4.45. The van der Waals surface area contributed by atoms with Gasteiger partial charge in [0.1, 0.15) is 17.0 Å². The molecule has 0 aliphatic carbocycles. The van der Waals surface area contributed by atoms with Crippen molar-refractivity contribution in [2.75, 3.05) is 12.4 Å². The number of hydrogen-bond acceptors (Lipinski definition) is 7. The lowest BCUT2D eigenvalue weighted by Crippen LogP contribution is -2.26. The van der Waals surface area contributed by atoms with Crippen molar-refractivity contribution >= 4 is 28.5 Å².